The molecule has 0 fully saturated rings. The molecule has 1 aromatic rings. The molecule has 1 atom stereocenters. The van der Waals surface area contributed by atoms with Crippen LogP contribution in [0.4, 0.5) is 8.78 Å². The fourth-order valence-electron chi connectivity index (χ4n) is 1.22. The van der Waals surface area contributed by atoms with E-state index in [0.717, 1.165) is 0 Å². The van der Waals surface area contributed by atoms with Crippen LogP contribution in [0.15, 0.2) is 18.2 Å². The van der Waals surface area contributed by atoms with Gasteiger partial charge in [0.2, 0.25) is 0 Å². The average molecular weight is 185 g/mol. The lowest BCUT2D eigenvalue weighted by Crippen LogP contribution is -2.34. The Hall–Kier alpha value is -0.960. The number of rotatable bonds is 2. The summed E-state index contributed by atoms with van der Waals surface area (Å²) in [7, 11) is 0. The first-order valence-corrected chi connectivity index (χ1v) is 4.22. The molecule has 0 heterocycles. The minimum Gasteiger partial charge on any atom is -0.321 e. The second-order valence-corrected chi connectivity index (χ2v) is 3.37. The first-order chi connectivity index (χ1) is 5.99. The highest BCUT2D eigenvalue weighted by molar-refractivity contribution is 5.26. The van der Waals surface area contributed by atoms with Crippen LogP contribution in [0.5, 0.6) is 0 Å². The summed E-state index contributed by atoms with van der Waals surface area (Å²) in [6.07, 6.45) is 0.491. The topological polar surface area (TPSA) is 26.0 Å². The second-order valence-electron chi connectivity index (χ2n) is 3.37. The summed E-state index contributed by atoms with van der Waals surface area (Å²) in [5.74, 6) is -1.15. The molecule has 0 aliphatic rings. The van der Waals surface area contributed by atoms with Crippen molar-refractivity contribution in [3.05, 3.63) is 35.4 Å². The van der Waals surface area contributed by atoms with Gasteiger partial charge in [-0.25, -0.2) is 8.78 Å². The zero-order valence-electron chi connectivity index (χ0n) is 7.77. The summed E-state index contributed by atoms with van der Waals surface area (Å²) in [4.78, 5) is 0. The summed E-state index contributed by atoms with van der Waals surface area (Å²) >= 11 is 0. The van der Waals surface area contributed by atoms with Gasteiger partial charge in [0.05, 0.1) is 0 Å². The van der Waals surface area contributed by atoms with Gasteiger partial charge in [-0.05, 0) is 25.5 Å². The summed E-state index contributed by atoms with van der Waals surface area (Å²) < 4.78 is 26.4. The molecular formula is C10H13F2N. The molecular weight excluding hydrogens is 172 g/mol. The lowest BCUT2D eigenvalue weighted by molar-refractivity contribution is 0.416. The molecule has 0 aliphatic heterocycles. The Bertz CT molecular complexity index is 288. The molecule has 72 valence electrons. The van der Waals surface area contributed by atoms with Crippen LogP contribution < -0.4 is 5.73 Å². The van der Waals surface area contributed by atoms with Crippen molar-refractivity contribution in [3.8, 4) is 0 Å². The van der Waals surface area contributed by atoms with Gasteiger partial charge in [0.1, 0.15) is 11.6 Å². The van der Waals surface area contributed by atoms with E-state index >= 15 is 0 Å². The van der Waals surface area contributed by atoms with E-state index in [9.17, 15) is 8.78 Å². The summed E-state index contributed by atoms with van der Waals surface area (Å²) in [6.45, 7) is 3.42. The normalized spacial score (nSPS) is 15.5. The molecule has 13 heavy (non-hydrogen) atoms. The van der Waals surface area contributed by atoms with E-state index in [2.05, 4.69) is 0 Å². The average Bonchev–Trinajstić information content (AvgIpc) is 2.03. The summed E-state index contributed by atoms with van der Waals surface area (Å²) in [5.41, 5.74) is 4.79. The van der Waals surface area contributed by atoms with Gasteiger partial charge in [0.25, 0.3) is 0 Å². The number of hydrogen-bond acceptors (Lipinski definition) is 1. The molecule has 0 radical (unpaired) electrons. The number of hydrogen-bond donors (Lipinski definition) is 1. The highest BCUT2D eigenvalue weighted by atomic mass is 19.1. The molecule has 0 spiro atoms. The molecule has 1 nitrogen and oxygen atoms in total. The largest absolute Gasteiger partial charge is 0.321 e. The Morgan fingerprint density at radius 3 is 2.15 bits per heavy atom. The molecule has 2 N–H and O–H groups in total. The maximum Gasteiger partial charge on any atom is 0.131 e. The van der Waals surface area contributed by atoms with Gasteiger partial charge in [0, 0.05) is 11.1 Å². The van der Waals surface area contributed by atoms with Crippen LogP contribution in [0.25, 0.3) is 0 Å². The zero-order valence-corrected chi connectivity index (χ0v) is 7.77. The van der Waals surface area contributed by atoms with E-state index in [1.54, 1.807) is 13.8 Å². The van der Waals surface area contributed by atoms with Crippen LogP contribution in [0.3, 0.4) is 0 Å². The van der Waals surface area contributed by atoms with Crippen LogP contribution in [0.2, 0.25) is 0 Å². The number of halogens is 2. The lowest BCUT2D eigenvalue weighted by Gasteiger charge is -2.24. The Kier molecular flexibility index (Phi) is 2.66. The van der Waals surface area contributed by atoms with Crippen molar-refractivity contribution >= 4 is 0 Å². The second kappa shape index (κ2) is 3.42. The Morgan fingerprint density at radius 2 is 1.77 bits per heavy atom. The van der Waals surface area contributed by atoms with Crippen molar-refractivity contribution in [2.75, 3.05) is 0 Å². The van der Waals surface area contributed by atoms with Gasteiger partial charge >= 0.3 is 0 Å². The molecule has 0 amide bonds. The standard InChI is InChI=1S/C10H13F2N/c1-3-10(2,13)9-7(11)5-4-6-8(9)12/h4-6H,3,13H2,1-2H3. The van der Waals surface area contributed by atoms with E-state index in [0.29, 0.717) is 6.42 Å². The Labute approximate surface area is 76.6 Å². The van der Waals surface area contributed by atoms with Crippen molar-refractivity contribution in [2.45, 2.75) is 25.8 Å². The van der Waals surface area contributed by atoms with Gasteiger partial charge in [-0.15, -0.1) is 0 Å². The molecule has 0 bridgehead atoms. The summed E-state index contributed by atoms with van der Waals surface area (Å²) in [6, 6.07) is 3.78. The smallest absolute Gasteiger partial charge is 0.131 e. The van der Waals surface area contributed by atoms with E-state index in [-0.39, 0.29) is 5.56 Å². The first-order valence-electron chi connectivity index (χ1n) is 4.22. The third kappa shape index (κ3) is 1.86. The molecule has 1 rings (SSSR count). The molecule has 1 aromatic carbocycles. The fraction of sp³-hybridized carbons (Fsp3) is 0.400. The Balaban J connectivity index is 3.28. The molecule has 1 unspecified atom stereocenters. The van der Waals surface area contributed by atoms with Crippen molar-refractivity contribution in [1.29, 1.82) is 0 Å². The van der Waals surface area contributed by atoms with Gasteiger partial charge in [-0.3, -0.25) is 0 Å². The molecule has 0 aliphatic carbocycles. The van der Waals surface area contributed by atoms with Crippen molar-refractivity contribution < 1.29 is 8.78 Å². The van der Waals surface area contributed by atoms with Crippen LogP contribution >= 0.6 is 0 Å². The van der Waals surface area contributed by atoms with Crippen LogP contribution in [-0.4, -0.2) is 0 Å². The van der Waals surface area contributed by atoms with Gasteiger partial charge < -0.3 is 5.73 Å². The van der Waals surface area contributed by atoms with Crippen molar-refractivity contribution in [2.24, 2.45) is 5.73 Å². The quantitative estimate of drug-likeness (QED) is 0.752. The monoisotopic (exact) mass is 185 g/mol. The van der Waals surface area contributed by atoms with E-state index < -0.39 is 17.2 Å². The van der Waals surface area contributed by atoms with Crippen molar-refractivity contribution in [1.82, 2.24) is 0 Å². The Morgan fingerprint density at radius 1 is 1.31 bits per heavy atom. The van der Waals surface area contributed by atoms with Crippen molar-refractivity contribution in [3.63, 3.8) is 0 Å². The van der Waals surface area contributed by atoms with Crippen LogP contribution in [-0.2, 0) is 5.54 Å². The maximum absolute atomic E-state index is 13.2. The van der Waals surface area contributed by atoms with Crippen LogP contribution in [0.1, 0.15) is 25.8 Å². The van der Waals surface area contributed by atoms with Gasteiger partial charge in [-0.2, -0.15) is 0 Å². The van der Waals surface area contributed by atoms with E-state index in [4.69, 9.17) is 5.73 Å². The molecule has 0 saturated heterocycles. The van der Waals surface area contributed by atoms with E-state index in [1.807, 2.05) is 0 Å². The fourth-order valence-corrected chi connectivity index (χ4v) is 1.22. The third-order valence-electron chi connectivity index (χ3n) is 2.27. The van der Waals surface area contributed by atoms with Gasteiger partial charge in [0.15, 0.2) is 0 Å². The zero-order chi connectivity index (χ0) is 10.1. The predicted octanol–water partition coefficient (Wildman–Crippen LogP) is 2.55. The third-order valence-corrected chi connectivity index (χ3v) is 2.27. The highest BCUT2D eigenvalue weighted by Gasteiger charge is 2.25. The van der Waals surface area contributed by atoms with Crippen LogP contribution in [0, 0.1) is 11.6 Å². The minimum absolute atomic E-state index is 0.0301. The number of benzene rings is 1. The number of nitrogens with two attached hydrogens (primary N) is 1. The highest BCUT2D eigenvalue weighted by Crippen LogP contribution is 2.26. The van der Waals surface area contributed by atoms with E-state index in [1.165, 1.54) is 18.2 Å². The molecule has 0 aromatic heterocycles. The first kappa shape index (κ1) is 10.1. The maximum atomic E-state index is 13.2. The molecule has 0 saturated carbocycles. The minimum atomic E-state index is -0.935. The summed E-state index contributed by atoms with van der Waals surface area (Å²) in [5, 5.41) is 0. The predicted molar refractivity (Wildman–Crippen MR) is 48.2 cm³/mol. The SMILES string of the molecule is CCC(C)(N)c1c(F)cccc1F. The lowest BCUT2D eigenvalue weighted by atomic mass is 9.90. The molecule has 3 heteroatoms. The van der Waals surface area contributed by atoms with Gasteiger partial charge in [-0.1, -0.05) is 13.0 Å².